The van der Waals surface area contributed by atoms with Crippen molar-refractivity contribution in [3.8, 4) is 28.7 Å². The number of benzene rings is 1. The second kappa shape index (κ2) is 9.37. The molecule has 160 valence electrons. The van der Waals surface area contributed by atoms with E-state index >= 15 is 0 Å². The van der Waals surface area contributed by atoms with Gasteiger partial charge in [-0.3, -0.25) is 9.59 Å². The van der Waals surface area contributed by atoms with Crippen LogP contribution in [0.2, 0.25) is 0 Å². The fourth-order valence-electron chi connectivity index (χ4n) is 3.13. The van der Waals surface area contributed by atoms with E-state index in [4.69, 9.17) is 4.74 Å². The number of rotatable bonds is 4. The minimum absolute atomic E-state index is 0.0403. The molecule has 1 aromatic carbocycles. The Balaban J connectivity index is 1.72. The summed E-state index contributed by atoms with van der Waals surface area (Å²) in [5.74, 6) is 6.94. The first kappa shape index (κ1) is 21.2. The van der Waals surface area contributed by atoms with Crippen LogP contribution in [0.4, 0.5) is 5.82 Å². The number of anilines is 1. The van der Waals surface area contributed by atoms with Crippen LogP contribution in [-0.2, 0) is 4.79 Å². The normalized spacial score (nSPS) is 13.2. The van der Waals surface area contributed by atoms with Gasteiger partial charge in [0.05, 0.1) is 18.2 Å². The van der Waals surface area contributed by atoms with E-state index in [1.807, 2.05) is 6.07 Å². The molecule has 0 aliphatic carbocycles. The summed E-state index contributed by atoms with van der Waals surface area (Å²) in [7, 11) is 1.71. The van der Waals surface area contributed by atoms with Crippen molar-refractivity contribution in [1.29, 1.82) is 0 Å². The van der Waals surface area contributed by atoms with Gasteiger partial charge in [-0.2, -0.15) is 0 Å². The molecule has 0 spiro atoms. The monoisotopic (exact) mass is 427 g/mol. The number of nitrogens with zero attached hydrogens (tertiary/aromatic N) is 3. The molecule has 1 unspecified atom stereocenters. The molecule has 2 aromatic heterocycles. The zero-order chi connectivity index (χ0) is 22.5. The number of aromatic nitrogens is 3. The number of fused-ring (bicyclic) bond motifs is 1. The van der Waals surface area contributed by atoms with Gasteiger partial charge in [-0.25, -0.2) is 15.0 Å². The van der Waals surface area contributed by atoms with E-state index in [1.165, 1.54) is 6.33 Å². The van der Waals surface area contributed by atoms with Gasteiger partial charge >= 0.3 is 0 Å². The zero-order valence-electron chi connectivity index (χ0n) is 17.7. The number of carbonyl (C=O) groups excluding carboxylic acids is 2. The highest BCUT2D eigenvalue weighted by atomic mass is 16.5. The Hall–Kier alpha value is -4.09. The third-order valence-corrected chi connectivity index (χ3v) is 5.04. The third-order valence-electron chi connectivity index (χ3n) is 5.04. The molecule has 0 bridgehead atoms. The molecular formula is C24H21N5O3. The first-order valence-corrected chi connectivity index (χ1v) is 10.1. The fraction of sp³-hybridized carbons (Fsp3) is 0.208. The van der Waals surface area contributed by atoms with Crippen LogP contribution in [0.1, 0.15) is 35.0 Å². The Bertz CT molecular complexity index is 1230. The van der Waals surface area contributed by atoms with Crippen molar-refractivity contribution < 1.29 is 14.3 Å². The van der Waals surface area contributed by atoms with Gasteiger partial charge < -0.3 is 15.4 Å². The fourth-order valence-corrected chi connectivity index (χ4v) is 3.13. The molecule has 1 amide bonds. The molecule has 4 rings (SSSR count). The highest BCUT2D eigenvalue weighted by Crippen LogP contribution is 2.26. The second-order valence-corrected chi connectivity index (χ2v) is 7.20. The summed E-state index contributed by atoms with van der Waals surface area (Å²) in [6.45, 7) is 2.15. The average Bonchev–Trinajstić information content (AvgIpc) is 2.83. The van der Waals surface area contributed by atoms with Gasteiger partial charge in [0.25, 0.3) is 0 Å². The van der Waals surface area contributed by atoms with Crippen LogP contribution in [0.25, 0.3) is 11.1 Å². The maximum atomic E-state index is 12.2. The number of hydrogen-bond donors (Lipinski definition) is 2. The van der Waals surface area contributed by atoms with Crippen LogP contribution in [-0.4, -0.2) is 46.3 Å². The van der Waals surface area contributed by atoms with Gasteiger partial charge in [-0.05, 0) is 50.2 Å². The summed E-state index contributed by atoms with van der Waals surface area (Å²) in [5, 5.41) is 5.67. The van der Waals surface area contributed by atoms with Crippen molar-refractivity contribution in [2.45, 2.75) is 19.4 Å². The Morgan fingerprint density at radius 1 is 1.12 bits per heavy atom. The summed E-state index contributed by atoms with van der Waals surface area (Å²) >= 11 is 0. The van der Waals surface area contributed by atoms with Gasteiger partial charge in [0.1, 0.15) is 23.6 Å². The molecule has 1 aliphatic rings. The van der Waals surface area contributed by atoms with Crippen molar-refractivity contribution in [3.63, 3.8) is 0 Å². The Morgan fingerprint density at radius 3 is 2.72 bits per heavy atom. The SMILES string of the molecule is CNC(C)C(=O)Nc1ccc(-c2cncnc2)c(C#Cc2ccc3c(c2)C(=O)CCO3)n1. The topological polar surface area (TPSA) is 106 Å². The highest BCUT2D eigenvalue weighted by Gasteiger charge is 2.18. The van der Waals surface area contributed by atoms with Crippen LogP contribution in [0.5, 0.6) is 5.75 Å². The van der Waals surface area contributed by atoms with E-state index in [9.17, 15) is 9.59 Å². The lowest BCUT2D eigenvalue weighted by molar-refractivity contribution is -0.117. The van der Waals surface area contributed by atoms with Crippen molar-refractivity contribution in [3.05, 3.63) is 65.9 Å². The molecule has 3 aromatic rings. The number of nitrogens with one attached hydrogen (secondary N) is 2. The molecular weight excluding hydrogens is 406 g/mol. The Kier molecular flexibility index (Phi) is 6.19. The molecule has 0 saturated heterocycles. The predicted octanol–water partition coefficient (Wildman–Crippen LogP) is 2.45. The average molecular weight is 427 g/mol. The quantitative estimate of drug-likeness (QED) is 0.616. The smallest absolute Gasteiger partial charge is 0.242 e. The first-order chi connectivity index (χ1) is 15.5. The van der Waals surface area contributed by atoms with E-state index in [2.05, 4.69) is 37.4 Å². The van der Waals surface area contributed by atoms with E-state index in [-0.39, 0.29) is 17.7 Å². The number of likely N-dealkylation sites (N-methyl/N-ethyl adjacent to an activating group) is 1. The van der Waals surface area contributed by atoms with E-state index in [0.717, 1.165) is 11.1 Å². The van der Waals surface area contributed by atoms with Gasteiger partial charge in [-0.15, -0.1) is 0 Å². The zero-order valence-corrected chi connectivity index (χ0v) is 17.7. The van der Waals surface area contributed by atoms with Gasteiger partial charge in [-0.1, -0.05) is 5.92 Å². The number of hydrogen-bond acceptors (Lipinski definition) is 7. The molecule has 8 nitrogen and oxygen atoms in total. The summed E-state index contributed by atoms with van der Waals surface area (Å²) in [6.07, 6.45) is 5.15. The Morgan fingerprint density at radius 2 is 1.94 bits per heavy atom. The van der Waals surface area contributed by atoms with Crippen molar-refractivity contribution in [1.82, 2.24) is 20.3 Å². The highest BCUT2D eigenvalue weighted by molar-refractivity contribution is 6.00. The lowest BCUT2D eigenvalue weighted by atomic mass is 10.0. The molecule has 0 fully saturated rings. The number of ether oxygens (including phenoxy) is 1. The summed E-state index contributed by atoms with van der Waals surface area (Å²) in [6, 6.07) is 8.45. The maximum absolute atomic E-state index is 12.2. The number of amides is 1. The largest absolute Gasteiger partial charge is 0.492 e. The molecule has 8 heteroatoms. The van der Waals surface area contributed by atoms with Crippen LogP contribution < -0.4 is 15.4 Å². The maximum Gasteiger partial charge on any atom is 0.242 e. The van der Waals surface area contributed by atoms with E-state index < -0.39 is 0 Å². The van der Waals surface area contributed by atoms with Crippen LogP contribution >= 0.6 is 0 Å². The minimum atomic E-state index is -0.371. The molecule has 0 saturated carbocycles. The molecule has 1 aliphatic heterocycles. The standard InChI is InChI=1S/C24H21N5O3/c1-15(25-2)24(31)29-23-8-5-18(17-12-26-14-27-13-17)20(28-23)6-3-16-4-7-22-19(11-16)21(30)9-10-32-22/h4-5,7-8,11-15,25H,9-10H2,1-2H3,(H,28,29,31). The molecule has 32 heavy (non-hydrogen) atoms. The van der Waals surface area contributed by atoms with Crippen LogP contribution in [0.3, 0.4) is 0 Å². The predicted molar refractivity (Wildman–Crippen MR) is 119 cm³/mol. The van der Waals surface area contributed by atoms with Gasteiger partial charge in [0.15, 0.2) is 5.78 Å². The molecule has 3 heterocycles. The number of ketones is 1. The van der Waals surface area contributed by atoms with Crippen LogP contribution in [0.15, 0.2) is 49.1 Å². The molecule has 1 atom stereocenters. The number of pyridine rings is 1. The summed E-state index contributed by atoms with van der Waals surface area (Å²) in [4.78, 5) is 37.1. The van der Waals surface area contributed by atoms with Gasteiger partial charge in [0.2, 0.25) is 5.91 Å². The molecule has 2 N–H and O–H groups in total. The van der Waals surface area contributed by atoms with Crippen molar-refractivity contribution >= 4 is 17.5 Å². The molecule has 0 radical (unpaired) electrons. The second-order valence-electron chi connectivity index (χ2n) is 7.20. The van der Waals surface area contributed by atoms with E-state index in [0.29, 0.717) is 41.4 Å². The summed E-state index contributed by atoms with van der Waals surface area (Å²) < 4.78 is 5.53. The van der Waals surface area contributed by atoms with E-state index in [1.54, 1.807) is 50.6 Å². The van der Waals surface area contributed by atoms with Gasteiger partial charge in [0, 0.05) is 35.5 Å². The Labute approximate surface area is 185 Å². The first-order valence-electron chi connectivity index (χ1n) is 10.1. The number of Topliss-reactive ketones (excluding diaryl/α,β-unsaturated/α-hetero) is 1. The van der Waals surface area contributed by atoms with Crippen molar-refractivity contribution in [2.24, 2.45) is 0 Å². The third kappa shape index (κ3) is 4.63. The minimum Gasteiger partial charge on any atom is -0.492 e. The lowest BCUT2D eigenvalue weighted by Gasteiger charge is -2.15. The van der Waals surface area contributed by atoms with Crippen molar-refractivity contribution in [2.75, 3.05) is 19.0 Å². The number of carbonyl (C=O) groups is 2. The van der Waals surface area contributed by atoms with Crippen LogP contribution in [0, 0.1) is 11.8 Å². The lowest BCUT2D eigenvalue weighted by Crippen LogP contribution is -2.35. The summed E-state index contributed by atoms with van der Waals surface area (Å²) in [5.41, 5.74) is 3.14.